The van der Waals surface area contributed by atoms with Crippen LogP contribution in [-0.2, 0) is 0 Å². The molecule has 0 fully saturated rings. The van der Waals surface area contributed by atoms with Crippen molar-refractivity contribution in [2.45, 2.75) is 0 Å². The average Bonchev–Trinajstić information content (AvgIpc) is 2.57. The predicted molar refractivity (Wildman–Crippen MR) is 48.0 cm³/mol. The summed E-state index contributed by atoms with van der Waals surface area (Å²) >= 11 is 5.96. The lowest BCUT2D eigenvalue weighted by Gasteiger charge is -1.98. The maximum atomic E-state index is 5.96. The molecular formula is C10H6ClO. The maximum Gasteiger partial charge on any atom is 0.169 e. The zero-order valence-corrected chi connectivity index (χ0v) is 7.01. The Labute approximate surface area is 75.6 Å². The van der Waals surface area contributed by atoms with Crippen LogP contribution in [0.5, 0.6) is 0 Å². The van der Waals surface area contributed by atoms with Gasteiger partial charge in [-0.25, -0.2) is 0 Å². The van der Waals surface area contributed by atoms with Crippen molar-refractivity contribution in [3.8, 4) is 11.1 Å². The predicted octanol–water partition coefficient (Wildman–Crippen LogP) is 3.40. The molecule has 0 N–H and O–H groups in total. The van der Waals surface area contributed by atoms with E-state index in [4.69, 9.17) is 16.0 Å². The highest BCUT2D eigenvalue weighted by Crippen LogP contribution is 2.27. The smallest absolute Gasteiger partial charge is 0.169 e. The van der Waals surface area contributed by atoms with E-state index in [0.717, 1.165) is 16.1 Å². The summed E-state index contributed by atoms with van der Waals surface area (Å²) in [6.07, 6.45) is 4.25. The van der Waals surface area contributed by atoms with Crippen molar-refractivity contribution in [3.63, 3.8) is 0 Å². The molecule has 59 valence electrons. The van der Waals surface area contributed by atoms with Crippen LogP contribution in [-0.4, -0.2) is 0 Å². The van der Waals surface area contributed by atoms with Gasteiger partial charge in [-0.15, -0.1) is 0 Å². The minimum atomic E-state index is 0.729. The van der Waals surface area contributed by atoms with Crippen LogP contribution in [0.1, 0.15) is 0 Å². The maximum absolute atomic E-state index is 5.96. The summed E-state index contributed by atoms with van der Waals surface area (Å²) in [6, 6.07) is 9.40. The Kier molecular flexibility index (Phi) is 1.88. The van der Waals surface area contributed by atoms with E-state index in [1.54, 1.807) is 12.3 Å². The van der Waals surface area contributed by atoms with Crippen LogP contribution in [0.3, 0.4) is 0 Å². The van der Waals surface area contributed by atoms with Crippen molar-refractivity contribution in [3.05, 3.63) is 47.9 Å². The molecule has 0 bridgehead atoms. The SMILES string of the molecule is Clc1ccccc1-c1c[c]oc1. The van der Waals surface area contributed by atoms with Crippen molar-refractivity contribution in [2.24, 2.45) is 0 Å². The summed E-state index contributed by atoms with van der Waals surface area (Å²) in [5.41, 5.74) is 1.93. The molecule has 1 radical (unpaired) electrons. The first-order valence-electron chi connectivity index (χ1n) is 3.57. The number of benzene rings is 1. The first-order chi connectivity index (χ1) is 5.88. The second kappa shape index (κ2) is 3.03. The molecule has 0 saturated carbocycles. The average molecular weight is 178 g/mol. The normalized spacial score (nSPS) is 10.1. The highest BCUT2D eigenvalue weighted by molar-refractivity contribution is 6.33. The summed E-state index contributed by atoms with van der Waals surface area (Å²) in [6.45, 7) is 0. The lowest BCUT2D eigenvalue weighted by Crippen LogP contribution is -1.73. The van der Waals surface area contributed by atoms with Crippen molar-refractivity contribution < 1.29 is 4.42 Å². The molecule has 0 saturated heterocycles. The van der Waals surface area contributed by atoms with Crippen molar-refractivity contribution >= 4 is 11.6 Å². The zero-order chi connectivity index (χ0) is 8.39. The molecule has 0 aliphatic rings. The van der Waals surface area contributed by atoms with E-state index >= 15 is 0 Å². The molecule has 0 amide bonds. The van der Waals surface area contributed by atoms with Gasteiger partial charge < -0.3 is 4.42 Å². The van der Waals surface area contributed by atoms with E-state index in [0.29, 0.717) is 0 Å². The third-order valence-electron chi connectivity index (χ3n) is 1.65. The Morgan fingerprint density at radius 2 is 2.08 bits per heavy atom. The summed E-state index contributed by atoms with van der Waals surface area (Å²) in [5.74, 6) is 0. The molecule has 0 unspecified atom stereocenters. The van der Waals surface area contributed by atoms with Gasteiger partial charge in [-0.3, -0.25) is 0 Å². The summed E-state index contributed by atoms with van der Waals surface area (Å²) < 4.78 is 4.84. The van der Waals surface area contributed by atoms with Crippen LogP contribution >= 0.6 is 11.6 Å². The van der Waals surface area contributed by atoms with E-state index in [9.17, 15) is 0 Å². The molecule has 1 aromatic carbocycles. The molecule has 1 aromatic heterocycles. The fourth-order valence-electron chi connectivity index (χ4n) is 1.07. The first kappa shape index (κ1) is 7.44. The first-order valence-corrected chi connectivity index (χ1v) is 3.95. The lowest BCUT2D eigenvalue weighted by molar-refractivity contribution is 0.559. The van der Waals surface area contributed by atoms with Gasteiger partial charge in [-0.2, -0.15) is 0 Å². The van der Waals surface area contributed by atoms with Crippen LogP contribution in [0.15, 0.2) is 41.0 Å². The summed E-state index contributed by atoms with van der Waals surface area (Å²) in [7, 11) is 0. The van der Waals surface area contributed by atoms with Crippen molar-refractivity contribution in [1.82, 2.24) is 0 Å². The Morgan fingerprint density at radius 3 is 2.75 bits per heavy atom. The molecule has 0 spiro atoms. The van der Waals surface area contributed by atoms with Crippen molar-refractivity contribution in [2.75, 3.05) is 0 Å². The highest BCUT2D eigenvalue weighted by atomic mass is 35.5. The van der Waals surface area contributed by atoms with Gasteiger partial charge in [0.05, 0.1) is 6.26 Å². The second-order valence-electron chi connectivity index (χ2n) is 2.43. The number of halogens is 1. The summed E-state index contributed by atoms with van der Waals surface area (Å²) in [5, 5.41) is 0.729. The van der Waals surface area contributed by atoms with Crippen LogP contribution in [0.25, 0.3) is 11.1 Å². The Balaban J connectivity index is 2.55. The van der Waals surface area contributed by atoms with E-state index in [2.05, 4.69) is 6.26 Å². The zero-order valence-electron chi connectivity index (χ0n) is 6.25. The number of furan rings is 1. The monoisotopic (exact) mass is 177 g/mol. The minimum Gasteiger partial charge on any atom is -0.460 e. The van der Waals surface area contributed by atoms with Crippen LogP contribution in [0, 0.1) is 6.26 Å². The largest absolute Gasteiger partial charge is 0.460 e. The van der Waals surface area contributed by atoms with E-state index in [1.165, 1.54) is 0 Å². The molecule has 0 atom stereocenters. The second-order valence-corrected chi connectivity index (χ2v) is 2.84. The molecule has 12 heavy (non-hydrogen) atoms. The molecule has 0 aliphatic heterocycles. The highest BCUT2D eigenvalue weighted by Gasteiger charge is 2.02. The minimum absolute atomic E-state index is 0.729. The van der Waals surface area contributed by atoms with E-state index < -0.39 is 0 Å². The standard InChI is InChI=1S/C10H6ClO/c11-10-4-2-1-3-9(10)8-5-6-12-7-8/h1-5,7H. The molecule has 2 rings (SSSR count). The van der Waals surface area contributed by atoms with Gasteiger partial charge in [0.25, 0.3) is 0 Å². The van der Waals surface area contributed by atoms with Gasteiger partial charge in [-0.1, -0.05) is 29.8 Å². The van der Waals surface area contributed by atoms with Gasteiger partial charge >= 0.3 is 0 Å². The lowest BCUT2D eigenvalue weighted by atomic mass is 10.1. The summed E-state index contributed by atoms with van der Waals surface area (Å²) in [4.78, 5) is 0. The molecule has 2 aromatic rings. The third kappa shape index (κ3) is 1.23. The van der Waals surface area contributed by atoms with Gasteiger partial charge in [0.2, 0.25) is 0 Å². The van der Waals surface area contributed by atoms with Crippen LogP contribution in [0.4, 0.5) is 0 Å². The molecule has 2 heteroatoms. The van der Waals surface area contributed by atoms with Crippen LogP contribution in [0.2, 0.25) is 5.02 Å². The Morgan fingerprint density at radius 1 is 1.25 bits per heavy atom. The Bertz CT molecular complexity index is 365. The molecular weight excluding hydrogens is 172 g/mol. The molecule has 1 nitrogen and oxygen atoms in total. The number of rotatable bonds is 1. The molecule has 0 aliphatic carbocycles. The van der Waals surface area contributed by atoms with Crippen LogP contribution < -0.4 is 0 Å². The fourth-order valence-corrected chi connectivity index (χ4v) is 1.31. The molecule has 1 heterocycles. The van der Waals surface area contributed by atoms with Crippen molar-refractivity contribution in [1.29, 1.82) is 0 Å². The topological polar surface area (TPSA) is 13.1 Å². The van der Waals surface area contributed by atoms with Gasteiger partial charge in [0.1, 0.15) is 0 Å². The van der Waals surface area contributed by atoms with Gasteiger partial charge in [0, 0.05) is 16.1 Å². The fraction of sp³-hybridized carbons (Fsp3) is 0. The van der Waals surface area contributed by atoms with E-state index in [1.807, 2.05) is 24.3 Å². The quantitative estimate of drug-likeness (QED) is 0.651. The van der Waals surface area contributed by atoms with Gasteiger partial charge in [0.15, 0.2) is 6.26 Å². The van der Waals surface area contributed by atoms with E-state index in [-0.39, 0.29) is 0 Å². The third-order valence-corrected chi connectivity index (χ3v) is 1.98. The Hall–Kier alpha value is -1.21. The number of hydrogen-bond donors (Lipinski definition) is 0. The number of hydrogen-bond acceptors (Lipinski definition) is 1. The van der Waals surface area contributed by atoms with Gasteiger partial charge in [-0.05, 0) is 12.1 Å².